The molecule has 1 unspecified atom stereocenters. The lowest BCUT2D eigenvalue weighted by atomic mass is 10.1. The minimum Gasteiger partial charge on any atom is -0.496 e. The summed E-state index contributed by atoms with van der Waals surface area (Å²) in [7, 11) is 3.11. The van der Waals surface area contributed by atoms with Crippen LogP contribution < -0.4 is 15.4 Å². The smallest absolute Gasteiger partial charge is 0.309 e. The number of para-hydroxylation sites is 1. The van der Waals surface area contributed by atoms with Crippen LogP contribution in [0.5, 0.6) is 5.75 Å². The van der Waals surface area contributed by atoms with Crippen molar-refractivity contribution in [1.29, 1.82) is 0 Å². The molecule has 0 saturated carbocycles. The zero-order valence-electron chi connectivity index (χ0n) is 12.8. The lowest BCUT2D eigenvalue weighted by molar-refractivity contribution is -0.139. The summed E-state index contributed by atoms with van der Waals surface area (Å²) < 4.78 is 10.6. The van der Waals surface area contributed by atoms with E-state index in [-0.39, 0.29) is 12.6 Å². The van der Waals surface area contributed by atoms with Crippen LogP contribution in [0, 0.1) is 0 Å². The van der Waals surface area contributed by atoms with Gasteiger partial charge in [0.15, 0.2) is 0 Å². The molecule has 0 aliphatic carbocycles. The van der Waals surface area contributed by atoms with Crippen molar-refractivity contribution < 1.29 is 19.1 Å². The fraction of sp³-hybridized carbons (Fsp3) is 0.467. The van der Waals surface area contributed by atoms with E-state index >= 15 is 0 Å². The van der Waals surface area contributed by atoms with E-state index in [2.05, 4.69) is 10.6 Å². The summed E-state index contributed by atoms with van der Waals surface area (Å²) in [6.07, 6.45) is -0.392. The molecule has 2 N–H and O–H groups in total. The van der Waals surface area contributed by atoms with Crippen molar-refractivity contribution in [3.63, 3.8) is 0 Å². The molecule has 1 aromatic carbocycles. The fourth-order valence-corrected chi connectivity index (χ4v) is 1.85. The molecule has 0 aromatic heterocycles. The monoisotopic (exact) mass is 294 g/mol. The first-order chi connectivity index (χ1) is 9.99. The number of hydrogen-bond acceptors (Lipinski definition) is 4. The standard InChI is InChI=1S/C15H22N2O4/c1-10(2)17-15(19)14(18)16-9-13(21-4)11-7-5-6-8-12(11)20-3/h5-8,10,13H,9H2,1-4H3,(H,16,18)(H,17,19). The van der Waals surface area contributed by atoms with Crippen LogP contribution in [0.1, 0.15) is 25.5 Å². The van der Waals surface area contributed by atoms with Gasteiger partial charge in [-0.1, -0.05) is 18.2 Å². The first kappa shape index (κ1) is 17.0. The van der Waals surface area contributed by atoms with Crippen molar-refractivity contribution >= 4 is 11.8 Å². The molecule has 0 bridgehead atoms. The van der Waals surface area contributed by atoms with Crippen LogP contribution in [-0.2, 0) is 14.3 Å². The molecule has 0 saturated heterocycles. The molecule has 1 aromatic rings. The fourth-order valence-electron chi connectivity index (χ4n) is 1.85. The third kappa shape index (κ3) is 5.07. The van der Waals surface area contributed by atoms with Crippen LogP contribution in [0.25, 0.3) is 0 Å². The molecule has 116 valence electrons. The predicted molar refractivity (Wildman–Crippen MR) is 79.0 cm³/mol. The molecule has 6 heteroatoms. The molecule has 1 rings (SSSR count). The average Bonchev–Trinajstić information content (AvgIpc) is 2.47. The number of amides is 2. The molecule has 21 heavy (non-hydrogen) atoms. The Kier molecular flexibility index (Phi) is 6.68. The molecule has 1 atom stereocenters. The van der Waals surface area contributed by atoms with E-state index in [9.17, 15) is 9.59 Å². The highest BCUT2D eigenvalue weighted by Crippen LogP contribution is 2.26. The average molecular weight is 294 g/mol. The van der Waals surface area contributed by atoms with Gasteiger partial charge in [-0.25, -0.2) is 0 Å². The second-order valence-electron chi connectivity index (χ2n) is 4.80. The maximum atomic E-state index is 11.7. The van der Waals surface area contributed by atoms with Crippen LogP contribution in [0.15, 0.2) is 24.3 Å². The zero-order chi connectivity index (χ0) is 15.8. The Morgan fingerprint density at radius 1 is 1.14 bits per heavy atom. The van der Waals surface area contributed by atoms with E-state index in [0.717, 1.165) is 5.56 Å². The van der Waals surface area contributed by atoms with Gasteiger partial charge in [0.25, 0.3) is 0 Å². The maximum absolute atomic E-state index is 11.7. The molecule has 0 spiro atoms. The summed E-state index contributed by atoms with van der Waals surface area (Å²) >= 11 is 0. The summed E-state index contributed by atoms with van der Waals surface area (Å²) in [6, 6.07) is 7.29. The molecule has 0 aliphatic heterocycles. The molecular weight excluding hydrogens is 272 g/mol. The van der Waals surface area contributed by atoms with Gasteiger partial charge >= 0.3 is 11.8 Å². The highest BCUT2D eigenvalue weighted by atomic mass is 16.5. The van der Waals surface area contributed by atoms with Crippen molar-refractivity contribution in [2.45, 2.75) is 26.0 Å². The van der Waals surface area contributed by atoms with Gasteiger partial charge in [0.1, 0.15) is 11.9 Å². The van der Waals surface area contributed by atoms with Crippen molar-refractivity contribution in [3.8, 4) is 5.75 Å². The van der Waals surface area contributed by atoms with Crippen LogP contribution in [0.2, 0.25) is 0 Å². The summed E-state index contributed by atoms with van der Waals surface area (Å²) in [6.45, 7) is 3.76. The van der Waals surface area contributed by atoms with E-state index < -0.39 is 17.9 Å². The Labute approximate surface area is 124 Å². The van der Waals surface area contributed by atoms with Crippen molar-refractivity contribution in [2.24, 2.45) is 0 Å². The predicted octanol–water partition coefficient (Wildman–Crippen LogP) is 1.02. The van der Waals surface area contributed by atoms with Gasteiger partial charge in [0.2, 0.25) is 0 Å². The third-order valence-corrected chi connectivity index (χ3v) is 2.84. The highest BCUT2D eigenvalue weighted by Gasteiger charge is 2.19. The lowest BCUT2D eigenvalue weighted by Crippen LogP contribution is -2.44. The Morgan fingerprint density at radius 3 is 2.38 bits per heavy atom. The van der Waals surface area contributed by atoms with Crippen LogP contribution in [0.4, 0.5) is 0 Å². The van der Waals surface area contributed by atoms with Crippen molar-refractivity contribution in [1.82, 2.24) is 10.6 Å². The van der Waals surface area contributed by atoms with Crippen LogP contribution in [0.3, 0.4) is 0 Å². The van der Waals surface area contributed by atoms with E-state index in [1.807, 2.05) is 24.3 Å². The molecule has 6 nitrogen and oxygen atoms in total. The number of ether oxygens (including phenoxy) is 2. The van der Waals surface area contributed by atoms with E-state index in [4.69, 9.17) is 9.47 Å². The molecule has 0 radical (unpaired) electrons. The second kappa shape index (κ2) is 8.26. The summed E-state index contributed by atoms with van der Waals surface area (Å²) in [4.78, 5) is 23.2. The minimum atomic E-state index is -0.680. The number of carbonyl (C=O) groups excluding carboxylic acids is 2. The molecular formula is C15H22N2O4. The molecule has 0 aliphatic rings. The number of nitrogens with one attached hydrogen (secondary N) is 2. The van der Waals surface area contributed by atoms with E-state index in [1.54, 1.807) is 21.0 Å². The van der Waals surface area contributed by atoms with Gasteiger partial charge in [0.05, 0.1) is 7.11 Å². The Bertz CT molecular complexity index is 488. The quantitative estimate of drug-likeness (QED) is 0.768. The molecule has 0 fully saturated rings. The van der Waals surface area contributed by atoms with E-state index in [1.165, 1.54) is 7.11 Å². The van der Waals surface area contributed by atoms with Crippen molar-refractivity contribution in [2.75, 3.05) is 20.8 Å². The molecule has 2 amide bonds. The Hall–Kier alpha value is -2.08. The number of rotatable bonds is 6. The van der Waals surface area contributed by atoms with Gasteiger partial charge in [-0.3, -0.25) is 9.59 Å². The number of methoxy groups -OCH3 is 2. The van der Waals surface area contributed by atoms with E-state index in [0.29, 0.717) is 5.75 Å². The van der Waals surface area contributed by atoms with Crippen LogP contribution >= 0.6 is 0 Å². The Morgan fingerprint density at radius 2 is 1.81 bits per heavy atom. The summed E-state index contributed by atoms with van der Waals surface area (Å²) in [5.41, 5.74) is 0.812. The Balaban J connectivity index is 2.67. The zero-order valence-corrected chi connectivity index (χ0v) is 12.8. The normalized spacial score (nSPS) is 11.9. The van der Waals surface area contributed by atoms with Gasteiger partial charge in [-0.15, -0.1) is 0 Å². The summed E-state index contributed by atoms with van der Waals surface area (Å²) in [5.74, 6) is -0.661. The van der Waals surface area contributed by atoms with Gasteiger partial charge < -0.3 is 20.1 Å². The topological polar surface area (TPSA) is 76.7 Å². The first-order valence-electron chi connectivity index (χ1n) is 6.74. The first-order valence-corrected chi connectivity index (χ1v) is 6.74. The van der Waals surface area contributed by atoms with Crippen LogP contribution in [-0.4, -0.2) is 38.6 Å². The van der Waals surface area contributed by atoms with Gasteiger partial charge in [-0.2, -0.15) is 0 Å². The lowest BCUT2D eigenvalue weighted by Gasteiger charge is -2.19. The van der Waals surface area contributed by atoms with Gasteiger partial charge in [-0.05, 0) is 19.9 Å². The summed E-state index contributed by atoms with van der Waals surface area (Å²) in [5, 5.41) is 5.09. The third-order valence-electron chi connectivity index (χ3n) is 2.84. The second-order valence-corrected chi connectivity index (χ2v) is 4.80. The maximum Gasteiger partial charge on any atom is 0.309 e. The van der Waals surface area contributed by atoms with Crippen molar-refractivity contribution in [3.05, 3.63) is 29.8 Å². The SMILES string of the molecule is COc1ccccc1C(CNC(=O)C(=O)NC(C)C)OC. The largest absolute Gasteiger partial charge is 0.496 e. The number of benzene rings is 1. The molecule has 0 heterocycles. The minimum absolute atomic E-state index is 0.0873. The van der Waals surface area contributed by atoms with Gasteiger partial charge in [0, 0.05) is 25.3 Å². The number of carbonyl (C=O) groups is 2. The highest BCUT2D eigenvalue weighted by molar-refractivity contribution is 6.35. The number of hydrogen-bond donors (Lipinski definition) is 2.